The highest BCUT2D eigenvalue weighted by Gasteiger charge is 2.15. The summed E-state index contributed by atoms with van der Waals surface area (Å²) in [7, 11) is 1.60. The van der Waals surface area contributed by atoms with Gasteiger partial charge in [-0.2, -0.15) is 0 Å². The van der Waals surface area contributed by atoms with Crippen LogP contribution in [0.4, 0.5) is 5.69 Å². The Hall–Kier alpha value is -0.870. The molecule has 1 atom stereocenters. The fourth-order valence-electron chi connectivity index (χ4n) is 1.71. The lowest BCUT2D eigenvalue weighted by molar-refractivity contribution is -0.120. The minimum absolute atomic E-state index is 0.0129. The third-order valence-corrected chi connectivity index (χ3v) is 3.25. The maximum Gasteiger partial charge on any atom is 0.229 e. The molecule has 0 saturated carbocycles. The molecule has 3 nitrogen and oxygen atoms in total. The Balaban J connectivity index is 2.87. The number of rotatable bonds is 5. The summed E-state index contributed by atoms with van der Waals surface area (Å²) < 4.78 is 6.01. The van der Waals surface area contributed by atoms with E-state index in [0.717, 1.165) is 15.7 Å². The lowest BCUT2D eigenvalue weighted by Crippen LogP contribution is -2.24. The highest BCUT2D eigenvalue weighted by atomic mass is 79.9. The normalized spacial score (nSPS) is 12.6. The fourth-order valence-corrected chi connectivity index (χ4v) is 2.09. The van der Waals surface area contributed by atoms with Crippen LogP contribution in [0, 0.1) is 5.92 Å². The van der Waals surface area contributed by atoms with Crippen LogP contribution in [0.25, 0.3) is 0 Å². The molecule has 100 valence electrons. The molecule has 0 radical (unpaired) electrons. The summed E-state index contributed by atoms with van der Waals surface area (Å²) in [4.78, 5) is 12.0. The molecule has 0 heterocycles. The molecule has 0 saturated heterocycles. The van der Waals surface area contributed by atoms with Crippen LogP contribution in [-0.2, 0) is 9.53 Å². The van der Waals surface area contributed by atoms with Gasteiger partial charge in [0.15, 0.2) is 0 Å². The number of carbonyl (C=O) groups excluding carboxylic acids is 1. The van der Waals surface area contributed by atoms with Crippen molar-refractivity contribution in [1.29, 1.82) is 0 Å². The molecule has 0 bridgehead atoms. The molecule has 18 heavy (non-hydrogen) atoms. The smallest absolute Gasteiger partial charge is 0.229 e. The van der Waals surface area contributed by atoms with Crippen molar-refractivity contribution in [2.45, 2.75) is 26.7 Å². The fraction of sp³-hybridized carbons (Fsp3) is 0.500. The highest BCUT2D eigenvalue weighted by Crippen LogP contribution is 2.28. The summed E-state index contributed by atoms with van der Waals surface area (Å²) in [6, 6.07) is 5.90. The number of carbonyl (C=O) groups is 1. The molecule has 0 unspecified atom stereocenters. The summed E-state index contributed by atoms with van der Waals surface area (Å²) >= 11 is 3.45. The minimum atomic E-state index is -0.154. The summed E-state index contributed by atoms with van der Waals surface area (Å²) in [5.74, 6) is 0.190. The largest absolute Gasteiger partial charge is 0.384 e. The van der Waals surface area contributed by atoms with Gasteiger partial charge in [0.1, 0.15) is 0 Å². The first-order valence-electron chi connectivity index (χ1n) is 6.05. The Bertz CT molecular complexity index is 418. The van der Waals surface area contributed by atoms with E-state index in [1.54, 1.807) is 7.11 Å². The zero-order valence-electron chi connectivity index (χ0n) is 11.3. The molecule has 0 spiro atoms. The van der Waals surface area contributed by atoms with E-state index in [0.29, 0.717) is 12.5 Å². The molecule has 0 aromatic heterocycles. The third kappa shape index (κ3) is 4.10. The number of hydrogen-bond donors (Lipinski definition) is 1. The van der Waals surface area contributed by atoms with Crippen LogP contribution in [0.3, 0.4) is 0 Å². The second-order valence-corrected chi connectivity index (χ2v) is 5.65. The van der Waals surface area contributed by atoms with Crippen molar-refractivity contribution in [2.75, 3.05) is 19.0 Å². The maximum absolute atomic E-state index is 12.0. The van der Waals surface area contributed by atoms with Crippen LogP contribution in [0.2, 0.25) is 0 Å². The number of amides is 1. The van der Waals surface area contributed by atoms with Crippen molar-refractivity contribution in [3.63, 3.8) is 0 Å². The van der Waals surface area contributed by atoms with Crippen molar-refractivity contribution < 1.29 is 9.53 Å². The van der Waals surface area contributed by atoms with Gasteiger partial charge >= 0.3 is 0 Å². The molecular weight excluding hydrogens is 294 g/mol. The van der Waals surface area contributed by atoms with Gasteiger partial charge in [-0.1, -0.05) is 36.7 Å². The van der Waals surface area contributed by atoms with Gasteiger partial charge in [0.2, 0.25) is 5.91 Å². The molecule has 1 N–H and O–H groups in total. The van der Waals surface area contributed by atoms with E-state index in [1.165, 1.54) is 0 Å². The number of benzene rings is 1. The van der Waals surface area contributed by atoms with E-state index in [-0.39, 0.29) is 11.8 Å². The SMILES string of the molecule is COC[C@H](C)C(=O)Nc1ccc(Br)cc1C(C)C. The molecule has 0 aliphatic rings. The molecule has 1 rings (SSSR count). The summed E-state index contributed by atoms with van der Waals surface area (Å²) in [5.41, 5.74) is 2.00. The lowest BCUT2D eigenvalue weighted by Gasteiger charge is -2.16. The zero-order valence-corrected chi connectivity index (χ0v) is 12.9. The molecule has 4 heteroatoms. The molecule has 1 amide bonds. The Morgan fingerprint density at radius 3 is 2.61 bits per heavy atom. The predicted octanol–water partition coefficient (Wildman–Crippen LogP) is 3.79. The molecule has 0 fully saturated rings. The first kappa shape index (κ1) is 15.2. The van der Waals surface area contributed by atoms with Crippen LogP contribution >= 0.6 is 15.9 Å². The zero-order chi connectivity index (χ0) is 13.7. The molecular formula is C14H20BrNO2. The van der Waals surface area contributed by atoms with Gasteiger partial charge in [-0.25, -0.2) is 0 Å². The van der Waals surface area contributed by atoms with Crippen molar-refractivity contribution >= 4 is 27.5 Å². The minimum Gasteiger partial charge on any atom is -0.384 e. The number of anilines is 1. The van der Waals surface area contributed by atoms with E-state index < -0.39 is 0 Å². The number of nitrogens with one attached hydrogen (secondary N) is 1. The van der Waals surface area contributed by atoms with Crippen molar-refractivity contribution in [1.82, 2.24) is 0 Å². The Kier molecular flexibility index (Phi) is 5.82. The van der Waals surface area contributed by atoms with Crippen molar-refractivity contribution in [3.8, 4) is 0 Å². The number of ether oxygens (including phenoxy) is 1. The second kappa shape index (κ2) is 6.90. The van der Waals surface area contributed by atoms with Gasteiger partial charge in [0.05, 0.1) is 12.5 Å². The number of hydrogen-bond acceptors (Lipinski definition) is 2. The van der Waals surface area contributed by atoms with Crippen LogP contribution in [0.15, 0.2) is 22.7 Å². The van der Waals surface area contributed by atoms with Gasteiger partial charge in [0, 0.05) is 17.3 Å². The summed E-state index contributed by atoms with van der Waals surface area (Å²) in [5, 5.41) is 2.96. The monoisotopic (exact) mass is 313 g/mol. The van der Waals surface area contributed by atoms with E-state index in [9.17, 15) is 4.79 Å². The molecule has 1 aromatic carbocycles. The Labute approximate surface area is 117 Å². The standard InChI is InChI=1S/C14H20BrNO2/c1-9(2)12-7-11(15)5-6-13(12)16-14(17)10(3)8-18-4/h5-7,9-10H,8H2,1-4H3,(H,16,17)/t10-/m0/s1. The van der Waals surface area contributed by atoms with Crippen molar-refractivity contribution in [2.24, 2.45) is 5.92 Å². The summed E-state index contributed by atoms with van der Waals surface area (Å²) in [6.07, 6.45) is 0. The van der Waals surface area contributed by atoms with E-state index in [4.69, 9.17) is 4.74 Å². The van der Waals surface area contributed by atoms with E-state index in [1.807, 2.05) is 25.1 Å². The topological polar surface area (TPSA) is 38.3 Å². The lowest BCUT2D eigenvalue weighted by atomic mass is 10.0. The maximum atomic E-state index is 12.0. The van der Waals surface area contributed by atoms with Crippen LogP contribution < -0.4 is 5.32 Å². The first-order valence-corrected chi connectivity index (χ1v) is 6.84. The average molecular weight is 314 g/mol. The van der Waals surface area contributed by atoms with Crippen LogP contribution in [0.5, 0.6) is 0 Å². The predicted molar refractivity (Wildman–Crippen MR) is 77.9 cm³/mol. The Morgan fingerprint density at radius 2 is 2.06 bits per heavy atom. The molecule has 0 aliphatic carbocycles. The van der Waals surface area contributed by atoms with Gasteiger partial charge in [0.25, 0.3) is 0 Å². The van der Waals surface area contributed by atoms with E-state index >= 15 is 0 Å². The van der Waals surface area contributed by atoms with Crippen LogP contribution in [0.1, 0.15) is 32.3 Å². The van der Waals surface area contributed by atoms with Gasteiger partial charge < -0.3 is 10.1 Å². The Morgan fingerprint density at radius 1 is 1.39 bits per heavy atom. The third-order valence-electron chi connectivity index (χ3n) is 2.76. The van der Waals surface area contributed by atoms with E-state index in [2.05, 4.69) is 35.1 Å². The molecule has 0 aliphatic heterocycles. The number of methoxy groups -OCH3 is 1. The highest BCUT2D eigenvalue weighted by molar-refractivity contribution is 9.10. The quantitative estimate of drug-likeness (QED) is 0.898. The number of halogens is 1. The van der Waals surface area contributed by atoms with Gasteiger partial charge in [-0.3, -0.25) is 4.79 Å². The average Bonchev–Trinajstić information content (AvgIpc) is 2.31. The molecule has 1 aromatic rings. The van der Waals surface area contributed by atoms with Gasteiger partial charge in [-0.15, -0.1) is 0 Å². The van der Waals surface area contributed by atoms with Crippen LogP contribution in [-0.4, -0.2) is 19.6 Å². The summed E-state index contributed by atoms with van der Waals surface area (Å²) in [6.45, 7) is 6.50. The van der Waals surface area contributed by atoms with Gasteiger partial charge in [-0.05, 0) is 29.7 Å². The second-order valence-electron chi connectivity index (χ2n) is 4.73. The first-order chi connectivity index (χ1) is 8.45. The van der Waals surface area contributed by atoms with Crippen molar-refractivity contribution in [3.05, 3.63) is 28.2 Å².